The predicted octanol–water partition coefficient (Wildman–Crippen LogP) is 7.37. The van der Waals surface area contributed by atoms with Gasteiger partial charge in [0.1, 0.15) is 0 Å². The molecular weight excluding hydrogens is 252 g/mol. The van der Waals surface area contributed by atoms with E-state index in [0.29, 0.717) is 16.2 Å². The van der Waals surface area contributed by atoms with Crippen molar-refractivity contribution in [3.63, 3.8) is 0 Å². The van der Waals surface area contributed by atoms with Crippen LogP contribution in [0.4, 0.5) is 0 Å². The molecule has 0 nitrogen and oxygen atoms in total. The van der Waals surface area contributed by atoms with Gasteiger partial charge in [0.25, 0.3) is 0 Å². The van der Waals surface area contributed by atoms with Crippen molar-refractivity contribution in [1.82, 2.24) is 0 Å². The van der Waals surface area contributed by atoms with Gasteiger partial charge >= 0.3 is 0 Å². The molecule has 0 aliphatic heterocycles. The molecule has 2 fully saturated rings. The summed E-state index contributed by atoms with van der Waals surface area (Å²) in [5.41, 5.74) is 1.66. The first-order valence-corrected chi connectivity index (χ1v) is 9.83. The van der Waals surface area contributed by atoms with Crippen molar-refractivity contribution in [2.24, 2.45) is 22.2 Å². The van der Waals surface area contributed by atoms with Crippen molar-refractivity contribution in [3.05, 3.63) is 0 Å². The second kappa shape index (κ2) is 6.63. The Morgan fingerprint density at radius 1 is 0.619 bits per heavy atom. The number of hydrogen-bond acceptors (Lipinski definition) is 0. The molecule has 0 saturated heterocycles. The second-order valence-corrected chi connectivity index (χ2v) is 9.42. The number of rotatable bonds is 0. The molecule has 0 N–H and O–H groups in total. The molecule has 21 heavy (non-hydrogen) atoms. The zero-order valence-electron chi connectivity index (χ0n) is 15.6. The largest absolute Gasteiger partial charge is 0.0619 e. The maximum atomic E-state index is 2.62. The average Bonchev–Trinajstić information content (AvgIpc) is 2.43. The Hall–Kier alpha value is 0. The smallest absolute Gasteiger partial charge is 0.0215 e. The Labute approximate surface area is 134 Å². The van der Waals surface area contributed by atoms with Gasteiger partial charge in [-0.3, -0.25) is 0 Å². The van der Waals surface area contributed by atoms with E-state index < -0.39 is 0 Å². The minimum atomic E-state index is 0.512. The average molecular weight is 293 g/mol. The van der Waals surface area contributed by atoms with E-state index >= 15 is 0 Å². The van der Waals surface area contributed by atoms with Gasteiger partial charge in [-0.1, -0.05) is 92.4 Å². The maximum absolute atomic E-state index is 2.62. The summed E-state index contributed by atoms with van der Waals surface area (Å²) in [6.45, 7) is 12.9. The lowest BCUT2D eigenvalue weighted by atomic mass is 9.37. The third-order valence-corrected chi connectivity index (χ3v) is 8.05. The minimum Gasteiger partial charge on any atom is -0.0619 e. The topological polar surface area (TPSA) is 0 Å². The number of fused-ring (bicyclic) bond motifs is 1. The Bertz CT molecular complexity index is 329. The van der Waals surface area contributed by atoms with Crippen LogP contribution >= 0.6 is 0 Å². The van der Waals surface area contributed by atoms with E-state index in [2.05, 4.69) is 34.6 Å². The maximum Gasteiger partial charge on any atom is -0.0215 e. The van der Waals surface area contributed by atoms with Gasteiger partial charge in [0, 0.05) is 0 Å². The van der Waals surface area contributed by atoms with Gasteiger partial charge in [0.05, 0.1) is 0 Å². The minimum absolute atomic E-state index is 0.512. The normalized spacial score (nSPS) is 42.4. The van der Waals surface area contributed by atoms with Crippen LogP contribution < -0.4 is 0 Å². The van der Waals surface area contributed by atoms with Crippen LogP contribution in [0.25, 0.3) is 0 Å². The molecular formula is C21H40. The van der Waals surface area contributed by atoms with Gasteiger partial charge in [-0.25, -0.2) is 0 Å². The standard InChI is InChI=1S/C21H40/c1-18-17-21(5)19(2,3)15-13-11-9-7-6-8-10-12-14-16-20(18,21)4/h18H,6-17H2,1-5H3. The first-order valence-electron chi connectivity index (χ1n) is 9.83. The van der Waals surface area contributed by atoms with Crippen molar-refractivity contribution < 1.29 is 0 Å². The van der Waals surface area contributed by atoms with E-state index in [1.807, 2.05) is 0 Å². The van der Waals surface area contributed by atoms with E-state index in [1.54, 1.807) is 0 Å². The monoisotopic (exact) mass is 292 g/mol. The van der Waals surface area contributed by atoms with Gasteiger partial charge in [-0.05, 0) is 41.4 Å². The van der Waals surface area contributed by atoms with Crippen LogP contribution in [0.2, 0.25) is 0 Å². The molecule has 0 aromatic carbocycles. The molecule has 2 rings (SSSR count). The Morgan fingerprint density at radius 3 is 1.52 bits per heavy atom. The van der Waals surface area contributed by atoms with E-state index in [-0.39, 0.29) is 0 Å². The molecule has 0 aromatic heterocycles. The molecule has 0 bridgehead atoms. The lowest BCUT2D eigenvalue weighted by molar-refractivity contribution is -0.192. The van der Waals surface area contributed by atoms with Crippen LogP contribution in [-0.2, 0) is 0 Å². The highest BCUT2D eigenvalue weighted by Crippen LogP contribution is 2.70. The fraction of sp³-hybridized carbons (Fsp3) is 1.00. The van der Waals surface area contributed by atoms with Gasteiger partial charge in [0.15, 0.2) is 0 Å². The van der Waals surface area contributed by atoms with Crippen LogP contribution in [0, 0.1) is 22.2 Å². The Morgan fingerprint density at radius 2 is 1.05 bits per heavy atom. The fourth-order valence-electron chi connectivity index (χ4n) is 5.63. The highest BCUT2D eigenvalue weighted by Gasteiger charge is 2.62. The van der Waals surface area contributed by atoms with Crippen LogP contribution in [0.3, 0.4) is 0 Å². The van der Waals surface area contributed by atoms with Crippen molar-refractivity contribution in [2.75, 3.05) is 0 Å². The third kappa shape index (κ3) is 3.20. The quantitative estimate of drug-likeness (QED) is 0.437. The first-order chi connectivity index (χ1) is 9.83. The second-order valence-electron chi connectivity index (χ2n) is 9.42. The summed E-state index contributed by atoms with van der Waals surface area (Å²) in [6, 6.07) is 0. The van der Waals surface area contributed by atoms with Crippen molar-refractivity contribution in [1.29, 1.82) is 0 Å². The summed E-state index contributed by atoms with van der Waals surface area (Å²) >= 11 is 0. The zero-order valence-corrected chi connectivity index (χ0v) is 15.6. The lowest BCUT2D eigenvalue weighted by Crippen LogP contribution is -2.60. The summed E-state index contributed by atoms with van der Waals surface area (Å²) in [4.78, 5) is 0. The third-order valence-electron chi connectivity index (χ3n) is 8.05. The van der Waals surface area contributed by atoms with Gasteiger partial charge in [0.2, 0.25) is 0 Å². The van der Waals surface area contributed by atoms with Gasteiger partial charge < -0.3 is 0 Å². The molecule has 0 heterocycles. The van der Waals surface area contributed by atoms with E-state index in [1.165, 1.54) is 77.0 Å². The molecule has 0 aromatic rings. The number of hydrogen-bond donors (Lipinski definition) is 0. The predicted molar refractivity (Wildman–Crippen MR) is 94.6 cm³/mol. The van der Waals surface area contributed by atoms with Crippen molar-refractivity contribution in [3.8, 4) is 0 Å². The zero-order chi connectivity index (χ0) is 15.6. The Kier molecular flexibility index (Phi) is 5.48. The molecule has 0 spiro atoms. The molecule has 0 heteroatoms. The molecule has 2 aliphatic carbocycles. The van der Waals surface area contributed by atoms with Crippen molar-refractivity contribution >= 4 is 0 Å². The van der Waals surface area contributed by atoms with Gasteiger partial charge in [-0.2, -0.15) is 0 Å². The summed E-state index contributed by atoms with van der Waals surface area (Å²) in [6.07, 6.45) is 17.6. The highest BCUT2D eigenvalue weighted by molar-refractivity contribution is 5.11. The SMILES string of the molecule is CC1CC2(C)C(C)(C)CCCCCCCCCCCC12C. The Balaban J connectivity index is 2.09. The first kappa shape index (κ1) is 17.4. The molecule has 124 valence electrons. The summed E-state index contributed by atoms with van der Waals surface area (Å²) in [5, 5.41) is 0. The van der Waals surface area contributed by atoms with Crippen LogP contribution in [0.15, 0.2) is 0 Å². The van der Waals surface area contributed by atoms with Crippen LogP contribution in [-0.4, -0.2) is 0 Å². The van der Waals surface area contributed by atoms with Crippen LogP contribution in [0.1, 0.15) is 112 Å². The van der Waals surface area contributed by atoms with E-state index in [4.69, 9.17) is 0 Å². The van der Waals surface area contributed by atoms with E-state index in [9.17, 15) is 0 Å². The summed E-state index contributed by atoms with van der Waals surface area (Å²) in [7, 11) is 0. The van der Waals surface area contributed by atoms with Crippen molar-refractivity contribution in [2.45, 2.75) is 112 Å². The van der Waals surface area contributed by atoms with E-state index in [0.717, 1.165) is 5.92 Å². The molecule has 3 unspecified atom stereocenters. The highest BCUT2D eigenvalue weighted by atomic mass is 14.7. The molecule has 2 saturated carbocycles. The molecule has 3 atom stereocenters. The molecule has 0 radical (unpaired) electrons. The summed E-state index contributed by atoms with van der Waals surface area (Å²) < 4.78 is 0. The lowest BCUT2D eigenvalue weighted by Gasteiger charge is -2.68. The van der Waals surface area contributed by atoms with Gasteiger partial charge in [-0.15, -0.1) is 0 Å². The molecule has 2 aliphatic rings. The molecule has 0 amide bonds. The fourth-order valence-corrected chi connectivity index (χ4v) is 5.63. The summed E-state index contributed by atoms with van der Waals surface area (Å²) in [5.74, 6) is 0.926. The van der Waals surface area contributed by atoms with Crippen LogP contribution in [0.5, 0.6) is 0 Å².